The number of nitrogens with one attached hydrogen (secondary N) is 1. The van der Waals surface area contributed by atoms with Gasteiger partial charge in [0.2, 0.25) is 6.41 Å². The van der Waals surface area contributed by atoms with Crippen LogP contribution < -0.4 is 5.32 Å². The molecular formula is C26H27NO4S. The fourth-order valence-electron chi connectivity index (χ4n) is 3.75. The van der Waals surface area contributed by atoms with Gasteiger partial charge in [-0.25, -0.2) is 4.79 Å². The maximum Gasteiger partial charge on any atom is 0.327 e. The number of amides is 1. The van der Waals surface area contributed by atoms with E-state index in [9.17, 15) is 9.59 Å². The van der Waals surface area contributed by atoms with Gasteiger partial charge in [-0.2, -0.15) is 11.8 Å². The quantitative estimate of drug-likeness (QED) is 0.468. The van der Waals surface area contributed by atoms with Gasteiger partial charge in [0.15, 0.2) is 0 Å². The predicted octanol–water partition coefficient (Wildman–Crippen LogP) is 4.56. The minimum atomic E-state index is -1.01. The molecule has 6 heteroatoms. The zero-order valence-corrected chi connectivity index (χ0v) is 18.8. The number of hydrogen-bond acceptors (Lipinski definition) is 4. The average molecular weight is 450 g/mol. The molecule has 32 heavy (non-hydrogen) atoms. The Kier molecular flexibility index (Phi) is 8.90. The van der Waals surface area contributed by atoms with Crippen molar-refractivity contribution < 1.29 is 19.4 Å². The molecule has 1 aliphatic rings. The van der Waals surface area contributed by atoms with Gasteiger partial charge in [0.25, 0.3) is 0 Å². The predicted molar refractivity (Wildman–Crippen MR) is 129 cm³/mol. The number of methoxy groups -OCH3 is 1. The van der Waals surface area contributed by atoms with E-state index in [1.54, 1.807) is 7.11 Å². The van der Waals surface area contributed by atoms with Crippen LogP contribution in [-0.4, -0.2) is 43.0 Å². The van der Waals surface area contributed by atoms with Crippen LogP contribution in [0.5, 0.6) is 0 Å². The topological polar surface area (TPSA) is 75.6 Å². The SMILES string of the molecule is COCC1c2ccccc2-c2ccccc21.O=CN[C@@H](CSCc1ccccc1)C(=O)O. The van der Waals surface area contributed by atoms with Crippen molar-refractivity contribution >= 4 is 24.1 Å². The van der Waals surface area contributed by atoms with Gasteiger partial charge < -0.3 is 15.2 Å². The van der Waals surface area contributed by atoms with Crippen molar-refractivity contribution in [1.82, 2.24) is 5.32 Å². The lowest BCUT2D eigenvalue weighted by Crippen LogP contribution is -2.37. The van der Waals surface area contributed by atoms with E-state index in [0.717, 1.165) is 17.9 Å². The van der Waals surface area contributed by atoms with Crippen LogP contribution in [0.2, 0.25) is 0 Å². The highest BCUT2D eigenvalue weighted by Crippen LogP contribution is 2.44. The van der Waals surface area contributed by atoms with Gasteiger partial charge in [-0.3, -0.25) is 4.79 Å². The number of hydrogen-bond donors (Lipinski definition) is 2. The minimum absolute atomic E-state index is 0.364. The first-order valence-corrected chi connectivity index (χ1v) is 11.5. The Balaban J connectivity index is 0.000000181. The van der Waals surface area contributed by atoms with Gasteiger partial charge in [0.1, 0.15) is 6.04 Å². The first-order chi connectivity index (χ1) is 15.7. The molecule has 0 saturated carbocycles. The molecule has 3 aromatic rings. The van der Waals surface area contributed by atoms with Crippen LogP contribution in [0.4, 0.5) is 0 Å². The van der Waals surface area contributed by atoms with Gasteiger partial charge in [-0.15, -0.1) is 0 Å². The molecule has 0 unspecified atom stereocenters. The molecule has 3 aromatic carbocycles. The Bertz CT molecular complexity index is 980. The Morgan fingerprint density at radius 3 is 2.09 bits per heavy atom. The summed E-state index contributed by atoms with van der Waals surface area (Å²) < 4.78 is 5.34. The molecule has 1 atom stereocenters. The Hall–Kier alpha value is -3.09. The number of carboxylic acid groups (broad SMARTS) is 1. The zero-order valence-electron chi connectivity index (χ0n) is 17.9. The normalized spacial score (nSPS) is 12.7. The second kappa shape index (κ2) is 12.1. The number of carbonyl (C=O) groups is 2. The van der Waals surface area contributed by atoms with E-state index in [-0.39, 0.29) is 0 Å². The highest BCUT2D eigenvalue weighted by molar-refractivity contribution is 7.98. The third kappa shape index (κ3) is 5.99. The molecule has 5 nitrogen and oxygen atoms in total. The largest absolute Gasteiger partial charge is 0.480 e. The summed E-state index contributed by atoms with van der Waals surface area (Å²) in [7, 11) is 1.77. The van der Waals surface area contributed by atoms with Crippen LogP contribution in [0, 0.1) is 0 Å². The van der Waals surface area contributed by atoms with E-state index >= 15 is 0 Å². The second-order valence-electron chi connectivity index (χ2n) is 7.36. The van der Waals surface area contributed by atoms with Crippen molar-refractivity contribution in [3.63, 3.8) is 0 Å². The lowest BCUT2D eigenvalue weighted by Gasteiger charge is -2.11. The average Bonchev–Trinajstić information content (AvgIpc) is 3.14. The van der Waals surface area contributed by atoms with Crippen molar-refractivity contribution in [1.29, 1.82) is 0 Å². The van der Waals surface area contributed by atoms with Gasteiger partial charge in [-0.1, -0.05) is 78.9 Å². The second-order valence-corrected chi connectivity index (χ2v) is 8.39. The summed E-state index contributed by atoms with van der Waals surface area (Å²) in [6.07, 6.45) is 0.419. The number of carbonyl (C=O) groups excluding carboxylic acids is 1. The van der Waals surface area contributed by atoms with E-state index in [1.165, 1.54) is 34.0 Å². The van der Waals surface area contributed by atoms with Crippen LogP contribution in [0.25, 0.3) is 11.1 Å². The van der Waals surface area contributed by atoms with Gasteiger partial charge >= 0.3 is 5.97 Å². The third-order valence-electron chi connectivity index (χ3n) is 5.26. The molecule has 0 bridgehead atoms. The summed E-state index contributed by atoms with van der Waals surface area (Å²) in [6, 6.07) is 26.2. The number of rotatable bonds is 9. The van der Waals surface area contributed by atoms with Crippen LogP contribution in [0.15, 0.2) is 78.9 Å². The fraction of sp³-hybridized carbons (Fsp3) is 0.231. The highest BCUT2D eigenvalue weighted by atomic mass is 32.2. The Morgan fingerprint density at radius 2 is 1.56 bits per heavy atom. The summed E-state index contributed by atoms with van der Waals surface area (Å²) >= 11 is 1.48. The molecule has 0 fully saturated rings. The van der Waals surface area contributed by atoms with Crippen LogP contribution in [-0.2, 0) is 20.1 Å². The molecule has 1 aliphatic carbocycles. The van der Waals surface area contributed by atoms with Gasteiger partial charge in [0, 0.05) is 24.5 Å². The van der Waals surface area contributed by atoms with Crippen molar-refractivity contribution in [2.24, 2.45) is 0 Å². The maximum absolute atomic E-state index is 10.7. The Morgan fingerprint density at radius 1 is 1.00 bits per heavy atom. The number of benzene rings is 3. The lowest BCUT2D eigenvalue weighted by atomic mass is 9.98. The zero-order chi connectivity index (χ0) is 22.8. The number of fused-ring (bicyclic) bond motifs is 3. The van der Waals surface area contributed by atoms with E-state index < -0.39 is 12.0 Å². The van der Waals surface area contributed by atoms with Crippen LogP contribution in [0.3, 0.4) is 0 Å². The van der Waals surface area contributed by atoms with Gasteiger partial charge in [-0.05, 0) is 27.8 Å². The smallest absolute Gasteiger partial charge is 0.327 e. The molecule has 0 aliphatic heterocycles. The number of thioether (sulfide) groups is 1. The molecule has 2 N–H and O–H groups in total. The first-order valence-electron chi connectivity index (χ1n) is 10.4. The maximum atomic E-state index is 10.7. The van der Waals surface area contributed by atoms with Crippen LogP contribution in [0.1, 0.15) is 22.6 Å². The number of ether oxygens (including phenoxy) is 1. The van der Waals surface area contributed by atoms with Crippen molar-refractivity contribution in [2.75, 3.05) is 19.5 Å². The highest BCUT2D eigenvalue weighted by Gasteiger charge is 2.27. The monoisotopic (exact) mass is 449 g/mol. The molecule has 0 aromatic heterocycles. The first kappa shape index (κ1) is 23.6. The summed E-state index contributed by atoms with van der Waals surface area (Å²) in [4.78, 5) is 20.9. The molecular weight excluding hydrogens is 422 g/mol. The van der Waals surface area contributed by atoms with E-state index in [1.807, 2.05) is 30.3 Å². The minimum Gasteiger partial charge on any atom is -0.480 e. The summed E-state index contributed by atoms with van der Waals surface area (Å²) in [5.41, 5.74) is 6.65. The van der Waals surface area contributed by atoms with E-state index in [4.69, 9.17) is 9.84 Å². The standard InChI is InChI=1S/C15H14O.C11H13NO3S/c1-16-10-15-13-8-4-2-6-11(13)12-7-3-5-9-14(12)15;13-8-12-10(11(14)15)7-16-6-9-4-2-1-3-5-9/h2-9,15H,10H2,1H3;1-5,8,10H,6-7H2,(H,12,13)(H,14,15)/t;10-/m.0/s1. The number of aliphatic carboxylic acids is 1. The summed E-state index contributed by atoms with van der Waals surface area (Å²) in [6.45, 7) is 0.758. The number of carboxylic acids is 1. The molecule has 0 heterocycles. The van der Waals surface area contributed by atoms with Gasteiger partial charge in [0.05, 0.1) is 6.61 Å². The summed E-state index contributed by atoms with van der Waals surface area (Å²) in [5.74, 6) is 0.499. The molecule has 4 rings (SSSR count). The van der Waals surface area contributed by atoms with E-state index in [0.29, 0.717) is 18.1 Å². The fourth-order valence-corrected chi connectivity index (χ4v) is 4.77. The third-order valence-corrected chi connectivity index (χ3v) is 6.37. The molecule has 1 amide bonds. The summed E-state index contributed by atoms with van der Waals surface area (Å²) in [5, 5.41) is 11.0. The van der Waals surface area contributed by atoms with Crippen molar-refractivity contribution in [3.8, 4) is 11.1 Å². The van der Waals surface area contributed by atoms with Crippen LogP contribution >= 0.6 is 11.8 Å². The lowest BCUT2D eigenvalue weighted by molar-refractivity contribution is -0.139. The molecule has 166 valence electrons. The van der Waals surface area contributed by atoms with E-state index in [2.05, 4.69) is 53.8 Å². The molecule has 0 radical (unpaired) electrons. The van der Waals surface area contributed by atoms with Crippen molar-refractivity contribution in [2.45, 2.75) is 17.7 Å². The molecule has 0 spiro atoms. The Labute approximate surface area is 192 Å². The molecule has 0 saturated heterocycles. The van der Waals surface area contributed by atoms with Crippen molar-refractivity contribution in [3.05, 3.63) is 95.6 Å².